The third-order valence-electron chi connectivity index (χ3n) is 5.25. The number of ketones is 1. The van der Waals surface area contributed by atoms with Crippen molar-refractivity contribution in [1.29, 1.82) is 0 Å². The van der Waals surface area contributed by atoms with E-state index in [0.29, 0.717) is 16.5 Å². The van der Waals surface area contributed by atoms with Crippen molar-refractivity contribution in [2.75, 3.05) is 10.6 Å². The van der Waals surface area contributed by atoms with Gasteiger partial charge in [-0.1, -0.05) is 55.3 Å². The fraction of sp³-hybridized carbons (Fsp3) is 0.318. The molecule has 4 rings (SSSR count). The van der Waals surface area contributed by atoms with Crippen LogP contribution < -0.4 is 10.6 Å². The van der Waals surface area contributed by atoms with E-state index < -0.39 is 0 Å². The second kappa shape index (κ2) is 6.57. The molecule has 0 amide bonds. The van der Waals surface area contributed by atoms with Crippen LogP contribution in [-0.2, 0) is 4.79 Å². The molecule has 0 bridgehead atoms. The van der Waals surface area contributed by atoms with E-state index in [4.69, 9.17) is 23.2 Å². The number of allylic oxidation sites excluding steroid dienone is 1. The molecule has 2 aromatic carbocycles. The largest absolute Gasteiger partial charge is 0.375 e. The van der Waals surface area contributed by atoms with Gasteiger partial charge in [-0.15, -0.1) is 0 Å². The number of hydrogen-bond acceptors (Lipinski definition) is 3. The molecule has 5 heteroatoms. The molecular weight excluding hydrogens is 379 g/mol. The van der Waals surface area contributed by atoms with Crippen LogP contribution in [0.4, 0.5) is 11.4 Å². The van der Waals surface area contributed by atoms with Crippen molar-refractivity contribution < 1.29 is 4.79 Å². The summed E-state index contributed by atoms with van der Waals surface area (Å²) >= 11 is 12.6. The Morgan fingerprint density at radius 1 is 1.07 bits per heavy atom. The van der Waals surface area contributed by atoms with E-state index in [1.54, 1.807) is 6.07 Å². The second-order valence-electron chi connectivity index (χ2n) is 8.17. The lowest BCUT2D eigenvalue weighted by Gasteiger charge is -2.35. The number of halogens is 2. The Labute approximate surface area is 169 Å². The highest BCUT2D eigenvalue weighted by Gasteiger charge is 2.42. The maximum atomic E-state index is 13.2. The first-order valence-corrected chi connectivity index (χ1v) is 9.84. The zero-order valence-corrected chi connectivity index (χ0v) is 17.1. The zero-order chi connectivity index (χ0) is 19.3. The van der Waals surface area contributed by atoms with Crippen molar-refractivity contribution in [3.05, 3.63) is 69.3 Å². The third kappa shape index (κ3) is 3.46. The van der Waals surface area contributed by atoms with Gasteiger partial charge in [-0.25, -0.2) is 0 Å². The smallest absolute Gasteiger partial charge is 0.145 e. The van der Waals surface area contributed by atoms with Crippen molar-refractivity contribution in [1.82, 2.24) is 0 Å². The van der Waals surface area contributed by atoms with E-state index in [1.165, 1.54) is 0 Å². The summed E-state index contributed by atoms with van der Waals surface area (Å²) in [4.78, 5) is 13.2. The van der Waals surface area contributed by atoms with Crippen LogP contribution >= 0.6 is 23.2 Å². The minimum atomic E-state index is -0.329. The maximum absolute atomic E-state index is 13.2. The number of nitrogens with one attached hydrogen (secondary N) is 2. The average molecular weight is 401 g/mol. The Kier molecular flexibility index (Phi) is 4.48. The fourth-order valence-electron chi connectivity index (χ4n) is 4.08. The molecular formula is C22H22Cl2N2O. The first kappa shape index (κ1) is 18.4. The van der Waals surface area contributed by atoms with Gasteiger partial charge in [0, 0.05) is 22.2 Å². The van der Waals surface area contributed by atoms with Crippen molar-refractivity contribution in [2.24, 2.45) is 11.3 Å². The topological polar surface area (TPSA) is 41.1 Å². The first-order valence-electron chi connectivity index (χ1n) is 9.08. The number of Topliss-reactive ketones (excluding diaryl/α,β-unsaturated/α-hetero) is 1. The summed E-state index contributed by atoms with van der Waals surface area (Å²) in [5.41, 5.74) is 4.71. The minimum absolute atomic E-state index is 0.181. The van der Waals surface area contributed by atoms with Crippen LogP contribution in [0.5, 0.6) is 0 Å². The molecule has 140 valence electrons. The molecule has 0 spiro atoms. The highest BCUT2D eigenvalue weighted by molar-refractivity contribution is 6.35. The molecule has 0 aromatic heterocycles. The average Bonchev–Trinajstić information content (AvgIpc) is 2.69. The normalized spacial score (nSPS) is 23.3. The Bertz CT molecular complexity index is 965. The van der Waals surface area contributed by atoms with E-state index in [-0.39, 0.29) is 23.2 Å². The Hall–Kier alpha value is -1.97. The fourth-order valence-corrected chi connectivity index (χ4v) is 4.60. The summed E-state index contributed by atoms with van der Waals surface area (Å²) in [5, 5.41) is 8.24. The van der Waals surface area contributed by atoms with Gasteiger partial charge in [0.25, 0.3) is 0 Å². The van der Waals surface area contributed by atoms with E-state index >= 15 is 0 Å². The van der Waals surface area contributed by atoms with Crippen LogP contribution in [-0.4, -0.2) is 5.78 Å². The number of rotatable bonds is 1. The number of carbonyl (C=O) groups is 1. The summed E-state index contributed by atoms with van der Waals surface area (Å²) in [6.45, 7) is 6.24. The Morgan fingerprint density at radius 3 is 2.59 bits per heavy atom. The Balaban J connectivity index is 1.91. The lowest BCUT2D eigenvalue weighted by Crippen LogP contribution is -2.36. The number of aryl methyl sites for hydroxylation is 1. The molecule has 2 aliphatic rings. The highest BCUT2D eigenvalue weighted by Crippen LogP contribution is 2.46. The van der Waals surface area contributed by atoms with E-state index in [9.17, 15) is 4.79 Å². The standard InChI is InChI=1S/C22H22Cl2N2O/c1-12-4-7-16-17(8-12)26-21(14-6-5-13(23)9-15(14)24)20-18(25-16)10-22(2,3)11-19(20)27/h4-10,20-21,25-26H,11H2,1-3H3/t20-,21-/m1/s1. The van der Waals surface area contributed by atoms with Crippen molar-refractivity contribution in [3.63, 3.8) is 0 Å². The molecule has 0 fully saturated rings. The van der Waals surface area contributed by atoms with Crippen LogP contribution in [0.15, 0.2) is 48.2 Å². The summed E-state index contributed by atoms with van der Waals surface area (Å²) < 4.78 is 0. The van der Waals surface area contributed by atoms with Crippen molar-refractivity contribution >= 4 is 40.4 Å². The molecule has 1 aliphatic carbocycles. The van der Waals surface area contributed by atoms with Crippen LogP contribution in [0.3, 0.4) is 0 Å². The van der Waals surface area contributed by atoms with E-state index in [0.717, 1.165) is 28.2 Å². The molecule has 0 saturated carbocycles. The van der Waals surface area contributed by atoms with Crippen molar-refractivity contribution in [2.45, 2.75) is 33.2 Å². The van der Waals surface area contributed by atoms with Gasteiger partial charge in [0.05, 0.1) is 23.3 Å². The Morgan fingerprint density at radius 2 is 1.85 bits per heavy atom. The van der Waals surface area contributed by atoms with Crippen molar-refractivity contribution in [3.8, 4) is 0 Å². The number of anilines is 2. The van der Waals surface area contributed by atoms with Gasteiger partial charge in [-0.2, -0.15) is 0 Å². The lowest BCUT2D eigenvalue weighted by molar-refractivity contribution is -0.124. The first-order chi connectivity index (χ1) is 12.7. The second-order valence-corrected chi connectivity index (χ2v) is 9.01. The number of hydrogen-bond donors (Lipinski definition) is 2. The predicted octanol–water partition coefficient (Wildman–Crippen LogP) is 6.38. The zero-order valence-electron chi connectivity index (χ0n) is 15.6. The molecule has 3 nitrogen and oxygen atoms in total. The maximum Gasteiger partial charge on any atom is 0.145 e. The molecule has 0 saturated heterocycles. The van der Waals surface area contributed by atoms with Crippen LogP contribution in [0, 0.1) is 18.3 Å². The highest BCUT2D eigenvalue weighted by atomic mass is 35.5. The van der Waals surface area contributed by atoms with Gasteiger partial charge in [0.15, 0.2) is 0 Å². The van der Waals surface area contributed by atoms with E-state index in [1.807, 2.05) is 18.2 Å². The minimum Gasteiger partial charge on any atom is -0.375 e. The summed E-state index contributed by atoms with van der Waals surface area (Å²) in [6.07, 6.45) is 2.69. The van der Waals surface area contributed by atoms with Crippen LogP contribution in [0.25, 0.3) is 0 Å². The summed E-state index contributed by atoms with van der Waals surface area (Å²) in [7, 11) is 0. The monoisotopic (exact) mass is 400 g/mol. The summed E-state index contributed by atoms with van der Waals surface area (Å²) in [5.74, 6) is -0.123. The SMILES string of the molecule is Cc1ccc2c(c1)N[C@H](c1ccc(Cl)cc1Cl)[C@H]1C(=O)CC(C)(C)C=C1N2. The lowest BCUT2D eigenvalue weighted by atomic mass is 9.72. The van der Waals surface area contributed by atoms with Crippen LogP contribution in [0.1, 0.15) is 37.4 Å². The molecule has 1 heterocycles. The van der Waals surface area contributed by atoms with Gasteiger partial charge in [0.1, 0.15) is 5.78 Å². The third-order valence-corrected chi connectivity index (χ3v) is 5.82. The molecule has 1 aliphatic heterocycles. The molecule has 2 atom stereocenters. The quantitative estimate of drug-likeness (QED) is 0.583. The van der Waals surface area contributed by atoms with Gasteiger partial charge < -0.3 is 10.6 Å². The van der Waals surface area contributed by atoms with Gasteiger partial charge in [0.2, 0.25) is 0 Å². The number of carbonyl (C=O) groups excluding carboxylic acids is 1. The molecule has 27 heavy (non-hydrogen) atoms. The van der Waals surface area contributed by atoms with Gasteiger partial charge in [-0.05, 0) is 47.7 Å². The molecule has 2 N–H and O–H groups in total. The number of benzene rings is 2. The number of fused-ring (bicyclic) bond motifs is 2. The molecule has 0 radical (unpaired) electrons. The molecule has 0 unspecified atom stereocenters. The van der Waals surface area contributed by atoms with E-state index in [2.05, 4.69) is 49.6 Å². The summed E-state index contributed by atoms with van der Waals surface area (Å²) in [6, 6.07) is 11.4. The molecule has 2 aromatic rings. The van der Waals surface area contributed by atoms with Gasteiger partial charge in [-0.3, -0.25) is 4.79 Å². The predicted molar refractivity (Wildman–Crippen MR) is 113 cm³/mol. The van der Waals surface area contributed by atoms with Crippen LogP contribution in [0.2, 0.25) is 10.0 Å². The van der Waals surface area contributed by atoms with Gasteiger partial charge >= 0.3 is 0 Å².